The van der Waals surface area contributed by atoms with Crippen molar-refractivity contribution in [3.63, 3.8) is 0 Å². The van der Waals surface area contributed by atoms with Gasteiger partial charge in [-0.25, -0.2) is 0 Å². The molecule has 1 atom stereocenters. The maximum atomic E-state index is 5.68. The van der Waals surface area contributed by atoms with E-state index in [0.717, 1.165) is 32.1 Å². The number of halogens is 1. The third-order valence-electron chi connectivity index (χ3n) is 3.99. The average Bonchev–Trinajstić information content (AvgIpc) is 3.13. The van der Waals surface area contributed by atoms with Crippen molar-refractivity contribution >= 4 is 33.9 Å². The van der Waals surface area contributed by atoms with E-state index >= 15 is 0 Å². The molecule has 2 aliphatic carbocycles. The second-order valence-corrected chi connectivity index (χ2v) is 8.73. The van der Waals surface area contributed by atoms with Crippen LogP contribution in [0.3, 0.4) is 0 Å². The first kappa shape index (κ1) is 14.3. The Morgan fingerprint density at radius 3 is 3.11 bits per heavy atom. The normalized spacial score (nSPS) is 22.5. The zero-order valence-corrected chi connectivity index (χ0v) is 14.3. The highest BCUT2D eigenvalue weighted by atomic mass is 127. The fourth-order valence-corrected chi connectivity index (χ4v) is 4.84. The highest BCUT2D eigenvalue weighted by molar-refractivity contribution is 14.1. The Bertz CT molecular complexity index is 416. The number of thiophene rings is 1. The van der Waals surface area contributed by atoms with E-state index in [1.54, 1.807) is 10.4 Å². The van der Waals surface area contributed by atoms with Gasteiger partial charge in [0.05, 0.1) is 2.88 Å². The van der Waals surface area contributed by atoms with Gasteiger partial charge in [-0.15, -0.1) is 11.3 Å². The van der Waals surface area contributed by atoms with Crippen molar-refractivity contribution in [1.29, 1.82) is 0 Å². The number of fused-ring (bicyclic) bond motifs is 1. The molecule has 1 unspecified atom stereocenters. The van der Waals surface area contributed by atoms with E-state index in [1.807, 2.05) is 11.3 Å². The molecule has 2 nitrogen and oxygen atoms in total. The van der Waals surface area contributed by atoms with Crippen LogP contribution >= 0.6 is 33.9 Å². The molecule has 0 radical (unpaired) electrons. The van der Waals surface area contributed by atoms with Gasteiger partial charge in [0.2, 0.25) is 0 Å². The van der Waals surface area contributed by atoms with Gasteiger partial charge in [-0.2, -0.15) is 0 Å². The maximum Gasteiger partial charge on any atom is 0.0659 e. The van der Waals surface area contributed by atoms with Gasteiger partial charge in [-0.1, -0.05) is 0 Å². The molecule has 19 heavy (non-hydrogen) atoms. The average molecular weight is 391 g/mol. The maximum absolute atomic E-state index is 5.68. The molecule has 0 aromatic carbocycles. The summed E-state index contributed by atoms with van der Waals surface area (Å²) in [7, 11) is 0. The van der Waals surface area contributed by atoms with Gasteiger partial charge in [0.1, 0.15) is 0 Å². The van der Waals surface area contributed by atoms with Crippen LogP contribution < -0.4 is 5.32 Å². The van der Waals surface area contributed by atoms with Gasteiger partial charge in [0, 0.05) is 24.1 Å². The summed E-state index contributed by atoms with van der Waals surface area (Å²) < 4.78 is 7.12. The topological polar surface area (TPSA) is 21.3 Å². The van der Waals surface area contributed by atoms with Gasteiger partial charge in [0.15, 0.2) is 0 Å². The number of hydrogen-bond acceptors (Lipinski definition) is 3. The van der Waals surface area contributed by atoms with Crippen LogP contribution in [0.4, 0.5) is 0 Å². The lowest BCUT2D eigenvalue weighted by molar-refractivity contribution is 0.121. The third-order valence-corrected chi connectivity index (χ3v) is 5.96. The fraction of sp³-hybridized carbons (Fsp3) is 0.733. The largest absolute Gasteiger partial charge is 0.381 e. The Hall–Kier alpha value is 0.350. The standard InChI is InChI=1S/C15H22INOS/c16-15-9-12-13(3-1-4-14(12)19-15)17-7-2-8-18-10-11-5-6-11/h9,11,13,17H,1-8,10H2. The van der Waals surface area contributed by atoms with Crippen molar-refractivity contribution in [2.75, 3.05) is 19.8 Å². The minimum Gasteiger partial charge on any atom is -0.381 e. The first-order chi connectivity index (χ1) is 9.33. The molecular weight excluding hydrogens is 369 g/mol. The van der Waals surface area contributed by atoms with E-state index in [4.69, 9.17) is 4.74 Å². The Morgan fingerprint density at radius 1 is 1.37 bits per heavy atom. The number of aryl methyl sites for hydroxylation is 1. The van der Waals surface area contributed by atoms with Crippen LogP contribution in [0.25, 0.3) is 0 Å². The molecular formula is C15H22INOS. The molecule has 3 rings (SSSR count). The minimum absolute atomic E-state index is 0.590. The molecule has 1 saturated carbocycles. The lowest BCUT2D eigenvalue weighted by atomic mass is 9.94. The van der Waals surface area contributed by atoms with Gasteiger partial charge in [0.25, 0.3) is 0 Å². The van der Waals surface area contributed by atoms with Gasteiger partial charge < -0.3 is 10.1 Å². The summed E-state index contributed by atoms with van der Waals surface area (Å²) in [5.41, 5.74) is 1.57. The SMILES string of the molecule is Ic1cc2c(s1)CCCC2NCCCOCC1CC1. The highest BCUT2D eigenvalue weighted by Crippen LogP contribution is 2.36. The van der Waals surface area contributed by atoms with E-state index < -0.39 is 0 Å². The monoisotopic (exact) mass is 391 g/mol. The predicted molar refractivity (Wildman–Crippen MR) is 88.9 cm³/mol. The molecule has 1 aromatic heterocycles. The van der Waals surface area contributed by atoms with Crippen LogP contribution in [0.5, 0.6) is 0 Å². The van der Waals surface area contributed by atoms with Crippen molar-refractivity contribution in [2.24, 2.45) is 5.92 Å². The molecule has 1 fully saturated rings. The molecule has 1 aromatic rings. The van der Waals surface area contributed by atoms with Crippen molar-refractivity contribution in [1.82, 2.24) is 5.32 Å². The highest BCUT2D eigenvalue weighted by Gasteiger charge is 2.22. The van der Waals surface area contributed by atoms with Gasteiger partial charge in [-0.05, 0) is 85.2 Å². The van der Waals surface area contributed by atoms with Crippen LogP contribution in [-0.2, 0) is 11.2 Å². The lowest BCUT2D eigenvalue weighted by Crippen LogP contribution is -2.26. The van der Waals surface area contributed by atoms with Crippen LogP contribution in [-0.4, -0.2) is 19.8 Å². The Kier molecular flexibility index (Phi) is 5.17. The summed E-state index contributed by atoms with van der Waals surface area (Å²) in [4.78, 5) is 1.61. The molecule has 106 valence electrons. The summed E-state index contributed by atoms with van der Waals surface area (Å²) in [6.07, 6.45) is 7.83. The van der Waals surface area contributed by atoms with E-state index in [1.165, 1.54) is 35.0 Å². The molecule has 0 saturated heterocycles. The number of hydrogen-bond donors (Lipinski definition) is 1. The molecule has 4 heteroatoms. The number of rotatable bonds is 7. The number of ether oxygens (including phenoxy) is 1. The quantitative estimate of drug-likeness (QED) is 0.557. The predicted octanol–water partition coefficient (Wildman–Crippen LogP) is 4.14. The van der Waals surface area contributed by atoms with E-state index in [2.05, 4.69) is 34.0 Å². The van der Waals surface area contributed by atoms with Crippen molar-refractivity contribution in [3.05, 3.63) is 19.4 Å². The van der Waals surface area contributed by atoms with Gasteiger partial charge >= 0.3 is 0 Å². The summed E-state index contributed by atoms with van der Waals surface area (Å²) in [6, 6.07) is 2.97. The van der Waals surface area contributed by atoms with Crippen LogP contribution in [0, 0.1) is 8.80 Å². The molecule has 0 bridgehead atoms. The van der Waals surface area contributed by atoms with Gasteiger partial charge in [-0.3, -0.25) is 0 Å². The summed E-state index contributed by atoms with van der Waals surface area (Å²) in [5.74, 6) is 0.891. The molecule has 1 heterocycles. The van der Waals surface area contributed by atoms with Crippen LogP contribution in [0.15, 0.2) is 6.07 Å². The minimum atomic E-state index is 0.590. The van der Waals surface area contributed by atoms with E-state index in [9.17, 15) is 0 Å². The number of nitrogens with one attached hydrogen (secondary N) is 1. The molecule has 0 amide bonds. The first-order valence-electron chi connectivity index (χ1n) is 7.42. The smallest absolute Gasteiger partial charge is 0.0659 e. The van der Waals surface area contributed by atoms with E-state index in [-0.39, 0.29) is 0 Å². The summed E-state index contributed by atoms with van der Waals surface area (Å²) in [5, 5.41) is 3.72. The second-order valence-electron chi connectivity index (χ2n) is 5.70. The Labute approximate surface area is 133 Å². The molecule has 0 spiro atoms. The zero-order valence-electron chi connectivity index (χ0n) is 11.3. The second kappa shape index (κ2) is 6.87. The van der Waals surface area contributed by atoms with Crippen molar-refractivity contribution < 1.29 is 4.74 Å². The van der Waals surface area contributed by atoms with Crippen molar-refractivity contribution in [2.45, 2.75) is 44.6 Å². The van der Waals surface area contributed by atoms with Crippen LogP contribution in [0.2, 0.25) is 0 Å². The zero-order chi connectivity index (χ0) is 13.1. The summed E-state index contributed by atoms with van der Waals surface area (Å²) in [6.45, 7) is 3.00. The molecule has 2 aliphatic rings. The fourth-order valence-electron chi connectivity index (χ4n) is 2.72. The van der Waals surface area contributed by atoms with E-state index in [0.29, 0.717) is 6.04 Å². The summed E-state index contributed by atoms with van der Waals surface area (Å²) >= 11 is 4.42. The molecule has 1 N–H and O–H groups in total. The first-order valence-corrected chi connectivity index (χ1v) is 9.31. The molecule has 0 aliphatic heterocycles. The van der Waals surface area contributed by atoms with Crippen molar-refractivity contribution in [3.8, 4) is 0 Å². The lowest BCUT2D eigenvalue weighted by Gasteiger charge is -2.23. The Morgan fingerprint density at radius 2 is 2.26 bits per heavy atom. The third kappa shape index (κ3) is 4.16. The van der Waals surface area contributed by atoms with Crippen LogP contribution in [0.1, 0.15) is 48.6 Å². The Balaban J connectivity index is 1.38.